The number of nitrogens with zero attached hydrogens (tertiary/aromatic N) is 1. The minimum atomic E-state index is 0.624. The SMILES string of the molecule is c1ccc2sc(CSc3ccc4c(c3)OCCO4)nc2c1. The standard InChI is InChI=1S/C16H13NO2S2/c1-2-4-15-12(3-1)17-16(21-15)10-20-11-5-6-13-14(9-11)19-8-7-18-13/h1-6,9H,7-8,10H2. The average Bonchev–Trinajstić information content (AvgIpc) is 2.95. The van der Waals surface area contributed by atoms with Crippen molar-refractivity contribution < 1.29 is 9.47 Å². The van der Waals surface area contributed by atoms with Gasteiger partial charge in [0.25, 0.3) is 0 Å². The molecule has 3 nitrogen and oxygen atoms in total. The third kappa shape index (κ3) is 2.71. The summed E-state index contributed by atoms with van der Waals surface area (Å²) in [6.45, 7) is 1.25. The highest BCUT2D eigenvalue weighted by Gasteiger charge is 2.12. The molecule has 0 spiro atoms. The first kappa shape index (κ1) is 13.0. The van der Waals surface area contributed by atoms with Gasteiger partial charge in [-0.2, -0.15) is 0 Å². The quantitative estimate of drug-likeness (QED) is 0.672. The van der Waals surface area contributed by atoms with Crippen molar-refractivity contribution in [2.75, 3.05) is 13.2 Å². The molecule has 0 amide bonds. The van der Waals surface area contributed by atoms with Crippen molar-refractivity contribution in [2.45, 2.75) is 10.6 Å². The fourth-order valence-corrected chi connectivity index (χ4v) is 4.12. The summed E-state index contributed by atoms with van der Waals surface area (Å²) in [6, 6.07) is 14.4. The van der Waals surface area contributed by atoms with Gasteiger partial charge in [0.05, 0.1) is 16.0 Å². The van der Waals surface area contributed by atoms with Crippen molar-refractivity contribution in [2.24, 2.45) is 0 Å². The molecule has 106 valence electrons. The molecule has 1 aliphatic heterocycles. The molecule has 0 bridgehead atoms. The van der Waals surface area contributed by atoms with Gasteiger partial charge in [0.15, 0.2) is 11.5 Å². The smallest absolute Gasteiger partial charge is 0.162 e. The van der Waals surface area contributed by atoms with Gasteiger partial charge in [-0.25, -0.2) is 4.98 Å². The third-order valence-corrected chi connectivity index (χ3v) is 5.44. The van der Waals surface area contributed by atoms with Crippen molar-refractivity contribution >= 4 is 33.3 Å². The van der Waals surface area contributed by atoms with Crippen molar-refractivity contribution in [1.29, 1.82) is 0 Å². The number of aromatic nitrogens is 1. The highest BCUT2D eigenvalue weighted by atomic mass is 32.2. The maximum absolute atomic E-state index is 5.61. The van der Waals surface area contributed by atoms with Gasteiger partial charge in [0, 0.05) is 4.90 Å². The Bertz CT molecular complexity index is 752. The van der Waals surface area contributed by atoms with E-state index in [-0.39, 0.29) is 0 Å². The van der Waals surface area contributed by atoms with Gasteiger partial charge in [-0.3, -0.25) is 0 Å². The van der Waals surface area contributed by atoms with Crippen LogP contribution in [0.25, 0.3) is 10.2 Å². The number of ether oxygens (including phenoxy) is 2. The molecule has 0 atom stereocenters. The van der Waals surface area contributed by atoms with Gasteiger partial charge in [-0.15, -0.1) is 23.1 Å². The van der Waals surface area contributed by atoms with Crippen LogP contribution in [0, 0.1) is 0 Å². The molecule has 1 aliphatic rings. The van der Waals surface area contributed by atoms with Crippen LogP contribution in [0.1, 0.15) is 5.01 Å². The third-order valence-electron chi connectivity index (χ3n) is 3.21. The zero-order chi connectivity index (χ0) is 14.1. The Morgan fingerprint density at radius 3 is 2.81 bits per heavy atom. The minimum absolute atomic E-state index is 0.624. The van der Waals surface area contributed by atoms with Crippen LogP contribution in [0.3, 0.4) is 0 Å². The summed E-state index contributed by atoms with van der Waals surface area (Å²) in [5.41, 5.74) is 1.08. The predicted molar refractivity (Wildman–Crippen MR) is 86.6 cm³/mol. The topological polar surface area (TPSA) is 31.4 Å². The lowest BCUT2D eigenvalue weighted by molar-refractivity contribution is 0.171. The number of fused-ring (bicyclic) bond motifs is 2. The summed E-state index contributed by atoms with van der Waals surface area (Å²) in [5, 5.41) is 1.15. The van der Waals surface area contributed by atoms with Gasteiger partial charge in [0.1, 0.15) is 18.2 Å². The van der Waals surface area contributed by atoms with Gasteiger partial charge >= 0.3 is 0 Å². The summed E-state index contributed by atoms with van der Waals surface area (Å²) in [6.07, 6.45) is 0. The summed E-state index contributed by atoms with van der Waals surface area (Å²) in [7, 11) is 0. The molecule has 0 unspecified atom stereocenters. The van der Waals surface area contributed by atoms with Gasteiger partial charge in [0.2, 0.25) is 0 Å². The highest BCUT2D eigenvalue weighted by molar-refractivity contribution is 7.98. The van der Waals surface area contributed by atoms with Crippen LogP contribution < -0.4 is 9.47 Å². The number of benzene rings is 2. The number of para-hydroxylation sites is 1. The molecule has 0 N–H and O–H groups in total. The Hall–Kier alpha value is -1.72. The maximum Gasteiger partial charge on any atom is 0.162 e. The van der Waals surface area contributed by atoms with Crippen LogP contribution in [0.4, 0.5) is 0 Å². The maximum atomic E-state index is 5.61. The number of rotatable bonds is 3. The largest absolute Gasteiger partial charge is 0.486 e. The average molecular weight is 315 g/mol. The van der Waals surface area contributed by atoms with Crippen LogP contribution in [0.2, 0.25) is 0 Å². The lowest BCUT2D eigenvalue weighted by atomic mass is 10.3. The molecule has 0 fully saturated rings. The molecule has 2 aromatic carbocycles. The second-order valence-corrected chi connectivity index (χ2v) is 6.83. The number of hydrogen-bond donors (Lipinski definition) is 0. The van der Waals surface area contributed by atoms with Gasteiger partial charge in [-0.05, 0) is 30.3 Å². The molecule has 1 aromatic heterocycles. The van der Waals surface area contributed by atoms with E-state index in [0.29, 0.717) is 13.2 Å². The lowest BCUT2D eigenvalue weighted by Crippen LogP contribution is -2.15. The van der Waals surface area contributed by atoms with Crippen LogP contribution in [0.15, 0.2) is 47.4 Å². The highest BCUT2D eigenvalue weighted by Crippen LogP contribution is 2.36. The van der Waals surface area contributed by atoms with Crippen LogP contribution in [-0.2, 0) is 5.75 Å². The summed E-state index contributed by atoms with van der Waals surface area (Å²) < 4.78 is 12.4. The zero-order valence-corrected chi connectivity index (χ0v) is 12.9. The van der Waals surface area contributed by atoms with E-state index in [0.717, 1.165) is 27.8 Å². The molecule has 2 heterocycles. The van der Waals surface area contributed by atoms with Crippen LogP contribution in [0.5, 0.6) is 11.5 Å². The Kier molecular flexibility index (Phi) is 3.45. The predicted octanol–water partition coefficient (Wildman–Crippen LogP) is 4.36. The number of hydrogen-bond acceptors (Lipinski definition) is 5. The molecular formula is C16H13NO2S2. The normalized spacial score (nSPS) is 13.5. The molecule has 21 heavy (non-hydrogen) atoms. The van der Waals surface area contributed by atoms with E-state index in [2.05, 4.69) is 29.2 Å². The van der Waals surface area contributed by atoms with E-state index in [1.165, 1.54) is 9.60 Å². The molecule has 0 saturated carbocycles. The second-order valence-electron chi connectivity index (χ2n) is 4.67. The first-order chi connectivity index (χ1) is 10.4. The van der Waals surface area contributed by atoms with Crippen LogP contribution >= 0.6 is 23.1 Å². The summed E-state index contributed by atoms with van der Waals surface area (Å²) >= 11 is 3.53. The molecular weight excluding hydrogens is 302 g/mol. The Morgan fingerprint density at radius 1 is 1.05 bits per heavy atom. The van der Waals surface area contributed by atoms with Crippen molar-refractivity contribution in [3.05, 3.63) is 47.5 Å². The molecule has 4 rings (SSSR count). The Balaban J connectivity index is 1.51. The Morgan fingerprint density at radius 2 is 1.90 bits per heavy atom. The molecule has 3 aromatic rings. The Labute approximate surface area is 130 Å². The van der Waals surface area contributed by atoms with Crippen molar-refractivity contribution in [1.82, 2.24) is 4.98 Å². The first-order valence-electron chi connectivity index (χ1n) is 6.75. The monoisotopic (exact) mass is 315 g/mol. The number of thioether (sulfide) groups is 1. The molecule has 5 heteroatoms. The lowest BCUT2D eigenvalue weighted by Gasteiger charge is -2.18. The molecule has 0 radical (unpaired) electrons. The minimum Gasteiger partial charge on any atom is -0.486 e. The fourth-order valence-electron chi connectivity index (χ4n) is 2.24. The second kappa shape index (κ2) is 5.58. The van der Waals surface area contributed by atoms with E-state index in [4.69, 9.17) is 9.47 Å². The summed E-state index contributed by atoms with van der Waals surface area (Å²) in [4.78, 5) is 5.84. The van der Waals surface area contributed by atoms with Gasteiger partial charge in [-0.1, -0.05) is 12.1 Å². The van der Waals surface area contributed by atoms with Gasteiger partial charge < -0.3 is 9.47 Å². The first-order valence-corrected chi connectivity index (χ1v) is 8.55. The zero-order valence-electron chi connectivity index (χ0n) is 11.2. The van der Waals surface area contributed by atoms with Crippen molar-refractivity contribution in [3.8, 4) is 11.5 Å². The molecule has 0 aliphatic carbocycles. The fraction of sp³-hybridized carbons (Fsp3) is 0.188. The number of thiazole rings is 1. The van der Waals surface area contributed by atoms with E-state index in [1.807, 2.05) is 18.2 Å². The van der Waals surface area contributed by atoms with E-state index in [9.17, 15) is 0 Å². The van der Waals surface area contributed by atoms with E-state index < -0.39 is 0 Å². The van der Waals surface area contributed by atoms with E-state index in [1.54, 1.807) is 23.1 Å². The van der Waals surface area contributed by atoms with Crippen molar-refractivity contribution in [3.63, 3.8) is 0 Å². The molecule has 0 saturated heterocycles. The summed E-state index contributed by atoms with van der Waals surface area (Å²) in [5.74, 6) is 2.56. The van der Waals surface area contributed by atoms with Crippen LogP contribution in [-0.4, -0.2) is 18.2 Å². The van der Waals surface area contributed by atoms with E-state index >= 15 is 0 Å².